The third-order valence-electron chi connectivity index (χ3n) is 2.73. The number of hydrogen-bond acceptors (Lipinski definition) is 4. The highest BCUT2D eigenvalue weighted by Crippen LogP contribution is 2.22. The van der Waals surface area contributed by atoms with Crippen molar-refractivity contribution in [1.82, 2.24) is 0 Å². The number of benzene rings is 1. The molecular formula is C14H21ClN2O3S. The van der Waals surface area contributed by atoms with Gasteiger partial charge >= 0.3 is 0 Å². The van der Waals surface area contributed by atoms with E-state index in [0.29, 0.717) is 22.8 Å². The first-order valence-electron chi connectivity index (χ1n) is 6.75. The Bertz CT molecular complexity index is 600. The monoisotopic (exact) mass is 332 g/mol. The Labute approximate surface area is 130 Å². The minimum Gasteiger partial charge on any atom is -0.397 e. The molecule has 1 aromatic rings. The van der Waals surface area contributed by atoms with Crippen molar-refractivity contribution in [3.63, 3.8) is 0 Å². The molecule has 0 aliphatic carbocycles. The molecule has 21 heavy (non-hydrogen) atoms. The van der Waals surface area contributed by atoms with Crippen LogP contribution in [0.2, 0.25) is 5.02 Å². The largest absolute Gasteiger partial charge is 0.397 e. The molecule has 0 saturated heterocycles. The van der Waals surface area contributed by atoms with Gasteiger partial charge in [0.1, 0.15) is 0 Å². The molecule has 1 amide bonds. The number of nitrogen functional groups attached to an aromatic ring is 1. The second kappa shape index (κ2) is 7.66. The second-order valence-corrected chi connectivity index (χ2v) is 8.06. The number of nitrogens with two attached hydrogens (primary N) is 1. The first kappa shape index (κ1) is 17.8. The van der Waals surface area contributed by atoms with E-state index in [1.165, 1.54) is 0 Å². The lowest BCUT2D eigenvalue weighted by Gasteiger charge is -2.09. The predicted octanol–water partition coefficient (Wildman–Crippen LogP) is 2.71. The minimum absolute atomic E-state index is 0.0225. The lowest BCUT2D eigenvalue weighted by Crippen LogP contribution is -2.18. The van der Waals surface area contributed by atoms with Crippen molar-refractivity contribution < 1.29 is 13.2 Å². The van der Waals surface area contributed by atoms with Crippen LogP contribution in [0.5, 0.6) is 0 Å². The van der Waals surface area contributed by atoms with Crippen molar-refractivity contribution in [1.29, 1.82) is 0 Å². The summed E-state index contributed by atoms with van der Waals surface area (Å²) in [6.07, 6.45) is 0.438. The second-order valence-electron chi connectivity index (χ2n) is 5.39. The van der Waals surface area contributed by atoms with E-state index in [0.717, 1.165) is 0 Å². The van der Waals surface area contributed by atoms with Crippen LogP contribution in [0, 0.1) is 5.92 Å². The molecule has 0 radical (unpaired) electrons. The van der Waals surface area contributed by atoms with Crippen LogP contribution in [0.3, 0.4) is 0 Å². The number of sulfone groups is 1. The number of amides is 1. The summed E-state index contributed by atoms with van der Waals surface area (Å²) in [5.41, 5.74) is 6.59. The van der Waals surface area contributed by atoms with Crippen LogP contribution in [0.1, 0.15) is 26.7 Å². The highest BCUT2D eigenvalue weighted by atomic mass is 35.5. The Morgan fingerprint density at radius 3 is 2.62 bits per heavy atom. The van der Waals surface area contributed by atoms with Crippen molar-refractivity contribution in [3.8, 4) is 0 Å². The Morgan fingerprint density at radius 1 is 1.38 bits per heavy atom. The third-order valence-corrected chi connectivity index (χ3v) is 5.05. The molecule has 3 N–H and O–H groups in total. The maximum atomic E-state index is 11.8. The number of hydrogen-bond donors (Lipinski definition) is 2. The van der Waals surface area contributed by atoms with Crippen molar-refractivity contribution in [2.45, 2.75) is 26.7 Å². The zero-order chi connectivity index (χ0) is 16.0. The summed E-state index contributed by atoms with van der Waals surface area (Å²) >= 11 is 5.77. The molecular weight excluding hydrogens is 312 g/mol. The van der Waals surface area contributed by atoms with Crippen molar-refractivity contribution in [2.24, 2.45) is 5.92 Å². The zero-order valence-corrected chi connectivity index (χ0v) is 13.8. The van der Waals surface area contributed by atoms with Gasteiger partial charge in [-0.15, -0.1) is 0 Å². The van der Waals surface area contributed by atoms with Gasteiger partial charge in [-0.25, -0.2) is 8.42 Å². The Morgan fingerprint density at radius 2 is 2.05 bits per heavy atom. The van der Waals surface area contributed by atoms with Crippen LogP contribution in [0.15, 0.2) is 18.2 Å². The molecule has 1 rings (SSSR count). The maximum Gasteiger partial charge on any atom is 0.224 e. The van der Waals surface area contributed by atoms with Crippen LogP contribution in [-0.4, -0.2) is 25.8 Å². The summed E-state index contributed by atoms with van der Waals surface area (Å²) < 4.78 is 23.4. The molecule has 0 bridgehead atoms. The van der Waals surface area contributed by atoms with E-state index in [1.807, 2.05) is 13.8 Å². The van der Waals surface area contributed by atoms with Crippen molar-refractivity contribution in [3.05, 3.63) is 23.2 Å². The van der Waals surface area contributed by atoms with E-state index in [4.69, 9.17) is 17.3 Å². The summed E-state index contributed by atoms with van der Waals surface area (Å²) in [5, 5.41) is 3.14. The number of nitrogens with one attached hydrogen (secondary N) is 1. The number of carbonyl (C=O) groups is 1. The molecule has 0 aromatic heterocycles. The topological polar surface area (TPSA) is 89.3 Å². The fraction of sp³-hybridized carbons (Fsp3) is 0.500. The highest BCUT2D eigenvalue weighted by Gasteiger charge is 2.14. The molecule has 0 heterocycles. The Balaban J connectivity index is 2.45. The van der Waals surface area contributed by atoms with Crippen LogP contribution in [0.4, 0.5) is 11.4 Å². The van der Waals surface area contributed by atoms with E-state index in [1.54, 1.807) is 18.2 Å². The molecule has 0 fully saturated rings. The number of anilines is 2. The Kier molecular flexibility index (Phi) is 6.48. The van der Waals surface area contributed by atoms with Gasteiger partial charge in [0.15, 0.2) is 9.84 Å². The summed E-state index contributed by atoms with van der Waals surface area (Å²) in [6, 6.07) is 4.79. The van der Waals surface area contributed by atoms with Crippen LogP contribution in [-0.2, 0) is 14.6 Å². The first-order chi connectivity index (χ1) is 9.69. The molecule has 0 spiro atoms. The standard InChI is InChI=1S/C14H21ClN2O3S/c1-10(2)9-21(19,20)7-3-4-14(18)17-13-6-5-11(15)8-12(13)16/h5-6,8,10H,3-4,7,9,16H2,1-2H3,(H,17,18). The molecule has 7 heteroatoms. The average Bonchev–Trinajstić information content (AvgIpc) is 2.30. The lowest BCUT2D eigenvalue weighted by molar-refractivity contribution is -0.116. The maximum absolute atomic E-state index is 11.8. The smallest absolute Gasteiger partial charge is 0.224 e. The van der Waals surface area contributed by atoms with Gasteiger partial charge in [0.2, 0.25) is 5.91 Å². The predicted molar refractivity (Wildman–Crippen MR) is 87.2 cm³/mol. The van der Waals surface area contributed by atoms with Gasteiger partial charge < -0.3 is 11.1 Å². The summed E-state index contributed by atoms with van der Waals surface area (Å²) in [6.45, 7) is 3.71. The minimum atomic E-state index is -3.09. The quantitative estimate of drug-likeness (QED) is 0.751. The molecule has 0 atom stereocenters. The number of halogens is 1. The van der Waals surface area contributed by atoms with Crippen molar-refractivity contribution >= 4 is 38.7 Å². The van der Waals surface area contributed by atoms with Crippen molar-refractivity contribution in [2.75, 3.05) is 22.6 Å². The number of rotatable bonds is 7. The molecule has 118 valence electrons. The van der Waals surface area contributed by atoms with Crippen LogP contribution < -0.4 is 11.1 Å². The van der Waals surface area contributed by atoms with Gasteiger partial charge in [-0.05, 0) is 30.5 Å². The highest BCUT2D eigenvalue weighted by molar-refractivity contribution is 7.91. The van der Waals surface area contributed by atoms with E-state index in [-0.39, 0.29) is 29.8 Å². The zero-order valence-electron chi connectivity index (χ0n) is 12.2. The van der Waals surface area contributed by atoms with Gasteiger partial charge in [-0.3, -0.25) is 4.79 Å². The molecule has 0 aliphatic rings. The third kappa shape index (κ3) is 6.82. The van der Waals surface area contributed by atoms with E-state index < -0.39 is 9.84 Å². The first-order valence-corrected chi connectivity index (χ1v) is 8.95. The van der Waals surface area contributed by atoms with E-state index >= 15 is 0 Å². The Hall–Kier alpha value is -1.27. The summed E-state index contributed by atoms with van der Waals surface area (Å²) in [4.78, 5) is 11.8. The van der Waals surface area contributed by atoms with Gasteiger partial charge in [-0.2, -0.15) is 0 Å². The fourth-order valence-corrected chi connectivity index (χ4v) is 3.85. The van der Waals surface area contributed by atoms with Crippen LogP contribution in [0.25, 0.3) is 0 Å². The van der Waals surface area contributed by atoms with Gasteiger partial charge in [0, 0.05) is 11.4 Å². The van der Waals surface area contributed by atoms with Crippen LogP contribution >= 0.6 is 11.6 Å². The molecule has 0 unspecified atom stereocenters. The van der Waals surface area contributed by atoms with E-state index in [2.05, 4.69) is 5.32 Å². The SMILES string of the molecule is CC(C)CS(=O)(=O)CCCC(=O)Nc1ccc(Cl)cc1N. The summed E-state index contributed by atoms with van der Waals surface area (Å²) in [5.74, 6) is 0.00875. The fourth-order valence-electron chi connectivity index (χ4n) is 1.90. The molecule has 5 nitrogen and oxygen atoms in total. The lowest BCUT2D eigenvalue weighted by atomic mass is 10.2. The molecule has 0 saturated carbocycles. The van der Waals surface area contributed by atoms with Gasteiger partial charge in [0.05, 0.1) is 22.9 Å². The summed E-state index contributed by atoms with van der Waals surface area (Å²) in [7, 11) is -3.09. The number of carbonyl (C=O) groups excluding carboxylic acids is 1. The average molecular weight is 333 g/mol. The normalized spacial score (nSPS) is 11.6. The van der Waals surface area contributed by atoms with Gasteiger partial charge in [0.25, 0.3) is 0 Å². The molecule has 0 aliphatic heterocycles. The van der Waals surface area contributed by atoms with E-state index in [9.17, 15) is 13.2 Å². The van der Waals surface area contributed by atoms with Gasteiger partial charge in [-0.1, -0.05) is 25.4 Å². The molecule has 1 aromatic carbocycles.